The Morgan fingerprint density at radius 1 is 1.25 bits per heavy atom. The van der Waals surface area contributed by atoms with Gasteiger partial charge in [0.2, 0.25) is 0 Å². The van der Waals surface area contributed by atoms with Crippen LogP contribution >= 0.6 is 0 Å². The summed E-state index contributed by atoms with van der Waals surface area (Å²) in [5.41, 5.74) is 11.1. The van der Waals surface area contributed by atoms with Gasteiger partial charge in [0.15, 0.2) is 5.75 Å². The first-order chi connectivity index (χ1) is 9.55. The van der Waals surface area contributed by atoms with Crippen molar-refractivity contribution in [3.05, 3.63) is 46.8 Å². The van der Waals surface area contributed by atoms with Gasteiger partial charge in [0, 0.05) is 6.54 Å². The van der Waals surface area contributed by atoms with Crippen molar-refractivity contribution in [1.29, 1.82) is 0 Å². The molecule has 0 bridgehead atoms. The monoisotopic (exact) mass is 273 g/mol. The topological polar surface area (TPSA) is 53.1 Å². The van der Waals surface area contributed by atoms with Crippen LogP contribution in [0.1, 0.15) is 35.3 Å². The van der Waals surface area contributed by atoms with Crippen molar-refractivity contribution in [3.63, 3.8) is 0 Å². The second-order valence-corrected chi connectivity index (χ2v) is 5.22. The molecule has 1 unspecified atom stereocenters. The molecular weight excluding hydrogens is 250 g/mol. The van der Waals surface area contributed by atoms with E-state index in [1.807, 2.05) is 4.68 Å². The van der Waals surface area contributed by atoms with Crippen molar-refractivity contribution in [2.24, 2.45) is 5.73 Å². The number of rotatable bonds is 5. The van der Waals surface area contributed by atoms with E-state index in [9.17, 15) is 0 Å². The fourth-order valence-electron chi connectivity index (χ4n) is 2.70. The molecule has 2 aromatic rings. The van der Waals surface area contributed by atoms with Crippen LogP contribution in [0.4, 0.5) is 0 Å². The highest BCUT2D eigenvalue weighted by Gasteiger charge is 2.18. The van der Waals surface area contributed by atoms with E-state index in [2.05, 4.69) is 44.1 Å². The summed E-state index contributed by atoms with van der Waals surface area (Å²) in [6, 6.07) is 6.43. The molecule has 0 amide bonds. The summed E-state index contributed by atoms with van der Waals surface area (Å²) in [6.45, 7) is 7.07. The van der Waals surface area contributed by atoms with Crippen molar-refractivity contribution in [3.8, 4) is 5.75 Å². The summed E-state index contributed by atoms with van der Waals surface area (Å²) >= 11 is 0. The minimum absolute atomic E-state index is 0.117. The van der Waals surface area contributed by atoms with Gasteiger partial charge < -0.3 is 10.5 Å². The number of benzene rings is 1. The highest BCUT2D eigenvalue weighted by atomic mass is 16.5. The number of hydrogen-bond acceptors (Lipinski definition) is 3. The zero-order valence-corrected chi connectivity index (χ0v) is 12.7. The molecular formula is C16H23N3O. The van der Waals surface area contributed by atoms with Crippen LogP contribution in [0.5, 0.6) is 5.75 Å². The van der Waals surface area contributed by atoms with Gasteiger partial charge in [-0.25, -0.2) is 0 Å². The molecule has 0 aliphatic carbocycles. The maximum Gasteiger partial charge on any atom is 0.161 e. The number of nitrogens with zero attached hydrogens (tertiary/aromatic N) is 2. The van der Waals surface area contributed by atoms with E-state index in [0.717, 1.165) is 24.4 Å². The van der Waals surface area contributed by atoms with Crippen molar-refractivity contribution in [1.82, 2.24) is 9.78 Å². The van der Waals surface area contributed by atoms with Crippen LogP contribution in [0.2, 0.25) is 0 Å². The van der Waals surface area contributed by atoms with Gasteiger partial charge in [-0.05, 0) is 32.8 Å². The number of methoxy groups -OCH3 is 1. The molecule has 0 aliphatic heterocycles. The lowest BCUT2D eigenvalue weighted by atomic mass is 9.99. The minimum Gasteiger partial charge on any atom is -0.493 e. The summed E-state index contributed by atoms with van der Waals surface area (Å²) in [4.78, 5) is 0. The molecule has 1 aromatic heterocycles. The first-order valence-electron chi connectivity index (χ1n) is 6.97. The van der Waals surface area contributed by atoms with Crippen molar-refractivity contribution in [2.45, 2.75) is 39.8 Å². The normalized spacial score (nSPS) is 12.4. The third-order valence-corrected chi connectivity index (χ3v) is 3.45. The molecule has 4 nitrogen and oxygen atoms in total. The van der Waals surface area contributed by atoms with E-state index in [1.165, 1.54) is 16.7 Å². The van der Waals surface area contributed by atoms with Crippen molar-refractivity contribution in [2.75, 3.05) is 7.11 Å². The van der Waals surface area contributed by atoms with E-state index in [-0.39, 0.29) is 6.04 Å². The quantitative estimate of drug-likeness (QED) is 0.911. The molecule has 2 N–H and O–H groups in total. The Hall–Kier alpha value is -1.81. The fourth-order valence-corrected chi connectivity index (χ4v) is 2.70. The summed E-state index contributed by atoms with van der Waals surface area (Å²) < 4.78 is 7.28. The van der Waals surface area contributed by atoms with Crippen LogP contribution < -0.4 is 10.5 Å². The Morgan fingerprint density at radius 3 is 2.45 bits per heavy atom. The molecule has 0 aliphatic rings. The molecule has 2 rings (SSSR count). The number of aryl methyl sites for hydroxylation is 3. The van der Waals surface area contributed by atoms with Gasteiger partial charge >= 0.3 is 0 Å². The molecule has 0 radical (unpaired) electrons. The van der Waals surface area contributed by atoms with Gasteiger partial charge in [-0.15, -0.1) is 0 Å². The van der Waals surface area contributed by atoms with E-state index < -0.39 is 0 Å². The van der Waals surface area contributed by atoms with Gasteiger partial charge in [0.05, 0.1) is 25.0 Å². The van der Waals surface area contributed by atoms with E-state index >= 15 is 0 Å². The lowest BCUT2D eigenvalue weighted by Gasteiger charge is -2.16. The molecule has 1 aromatic carbocycles. The Kier molecular flexibility index (Phi) is 4.45. The third kappa shape index (κ3) is 3.02. The molecule has 0 saturated heterocycles. The van der Waals surface area contributed by atoms with Crippen LogP contribution in [0.3, 0.4) is 0 Å². The average Bonchev–Trinajstić information content (AvgIpc) is 2.80. The molecule has 4 heteroatoms. The van der Waals surface area contributed by atoms with Crippen LogP contribution in [0.25, 0.3) is 0 Å². The Balaban J connectivity index is 2.27. The van der Waals surface area contributed by atoms with Gasteiger partial charge in [-0.1, -0.05) is 29.3 Å². The van der Waals surface area contributed by atoms with E-state index in [4.69, 9.17) is 10.5 Å². The number of nitrogens with two attached hydrogens (primary N) is 1. The SMILES string of the molecule is CCn1ncc(OC)c1C(N)Cc1cc(C)cc(C)c1. The third-order valence-electron chi connectivity index (χ3n) is 3.45. The zero-order chi connectivity index (χ0) is 14.7. The average molecular weight is 273 g/mol. The van der Waals surface area contributed by atoms with Gasteiger partial charge in [-0.3, -0.25) is 4.68 Å². The first kappa shape index (κ1) is 14.6. The van der Waals surface area contributed by atoms with Gasteiger partial charge in [0.1, 0.15) is 0 Å². The summed E-state index contributed by atoms with van der Waals surface area (Å²) in [5.74, 6) is 0.767. The van der Waals surface area contributed by atoms with Gasteiger partial charge in [0.25, 0.3) is 0 Å². The molecule has 108 valence electrons. The number of ether oxygens (including phenoxy) is 1. The lowest BCUT2D eigenvalue weighted by Crippen LogP contribution is -2.19. The first-order valence-corrected chi connectivity index (χ1v) is 6.97. The van der Waals surface area contributed by atoms with Crippen LogP contribution in [0, 0.1) is 13.8 Å². The predicted molar refractivity (Wildman–Crippen MR) is 81.0 cm³/mol. The lowest BCUT2D eigenvalue weighted by molar-refractivity contribution is 0.401. The zero-order valence-electron chi connectivity index (χ0n) is 12.7. The molecule has 1 heterocycles. The van der Waals surface area contributed by atoms with Crippen molar-refractivity contribution >= 4 is 0 Å². The Morgan fingerprint density at radius 2 is 1.90 bits per heavy atom. The molecule has 0 spiro atoms. The van der Waals surface area contributed by atoms with E-state index in [1.54, 1.807) is 13.3 Å². The molecule has 0 fully saturated rings. The second kappa shape index (κ2) is 6.09. The second-order valence-electron chi connectivity index (χ2n) is 5.22. The Labute approximate surface area is 120 Å². The fraction of sp³-hybridized carbons (Fsp3) is 0.438. The minimum atomic E-state index is -0.117. The van der Waals surface area contributed by atoms with E-state index in [0.29, 0.717) is 0 Å². The van der Waals surface area contributed by atoms with Crippen LogP contribution in [-0.4, -0.2) is 16.9 Å². The number of aromatic nitrogens is 2. The van der Waals surface area contributed by atoms with Gasteiger partial charge in [-0.2, -0.15) is 5.10 Å². The van der Waals surface area contributed by atoms with Crippen molar-refractivity contribution < 1.29 is 4.74 Å². The summed E-state index contributed by atoms with van der Waals surface area (Å²) in [6.07, 6.45) is 2.52. The highest BCUT2D eigenvalue weighted by molar-refractivity contribution is 5.33. The highest BCUT2D eigenvalue weighted by Crippen LogP contribution is 2.26. The number of hydrogen-bond donors (Lipinski definition) is 1. The molecule has 20 heavy (non-hydrogen) atoms. The van der Waals surface area contributed by atoms with Crippen LogP contribution in [-0.2, 0) is 13.0 Å². The Bertz CT molecular complexity index is 548. The van der Waals surface area contributed by atoms with Crippen LogP contribution in [0.15, 0.2) is 24.4 Å². The molecule has 0 saturated carbocycles. The standard InChI is InChI=1S/C16H23N3O/c1-5-19-16(15(20-4)10-18-19)14(17)9-13-7-11(2)6-12(3)8-13/h6-8,10,14H,5,9,17H2,1-4H3. The smallest absolute Gasteiger partial charge is 0.161 e. The largest absolute Gasteiger partial charge is 0.493 e. The maximum atomic E-state index is 6.38. The maximum absolute atomic E-state index is 6.38. The summed E-state index contributed by atoms with van der Waals surface area (Å²) in [5, 5.41) is 4.31. The predicted octanol–water partition coefficient (Wildman–Crippen LogP) is 2.77. The summed E-state index contributed by atoms with van der Waals surface area (Å²) in [7, 11) is 1.66. The molecule has 1 atom stereocenters.